The van der Waals surface area contributed by atoms with Crippen LogP contribution in [0.2, 0.25) is 0 Å². The van der Waals surface area contributed by atoms with Crippen LogP contribution < -0.4 is 0 Å². The number of aryl methyl sites for hydroxylation is 1. The molecule has 1 aliphatic rings. The Kier molecular flexibility index (Phi) is 4.30. The number of rotatable bonds is 5. The Morgan fingerprint density at radius 2 is 2.44 bits per heavy atom. The van der Waals surface area contributed by atoms with E-state index in [2.05, 4.69) is 10.2 Å². The van der Waals surface area contributed by atoms with Gasteiger partial charge in [0.05, 0.1) is 12.7 Å². The van der Waals surface area contributed by atoms with Crippen LogP contribution in [0.25, 0.3) is 0 Å². The van der Waals surface area contributed by atoms with E-state index in [0.29, 0.717) is 18.2 Å². The molecule has 1 saturated heterocycles. The number of nitrogens with zero attached hydrogens (tertiary/aromatic N) is 4. The van der Waals surface area contributed by atoms with Gasteiger partial charge in [-0.25, -0.2) is 0 Å². The smallest absolute Gasteiger partial charge is 0.276 e. The van der Waals surface area contributed by atoms with Gasteiger partial charge in [0.1, 0.15) is 0 Å². The van der Waals surface area contributed by atoms with E-state index in [9.17, 15) is 4.79 Å². The van der Waals surface area contributed by atoms with Crippen LogP contribution in [0.15, 0.2) is 6.20 Å². The monoisotopic (exact) mass is 252 g/mol. The average Bonchev–Trinajstić information content (AvgIpc) is 3.04. The molecule has 1 N–H and O–H groups in total. The molecule has 2 heterocycles. The van der Waals surface area contributed by atoms with Crippen LogP contribution in [0.5, 0.6) is 0 Å². The first-order valence-corrected chi connectivity index (χ1v) is 6.54. The molecule has 18 heavy (non-hydrogen) atoms. The Hall–Kier alpha value is -1.43. The minimum absolute atomic E-state index is 0.0267. The fraction of sp³-hybridized carbons (Fsp3) is 0.750. The Morgan fingerprint density at radius 1 is 1.61 bits per heavy atom. The van der Waals surface area contributed by atoms with Crippen LogP contribution in [0.3, 0.4) is 0 Å². The predicted molar refractivity (Wildman–Crippen MR) is 66.0 cm³/mol. The fourth-order valence-electron chi connectivity index (χ4n) is 2.34. The van der Waals surface area contributed by atoms with E-state index in [-0.39, 0.29) is 12.5 Å². The van der Waals surface area contributed by atoms with Gasteiger partial charge in [0.15, 0.2) is 5.69 Å². The number of aliphatic hydroxyl groups is 1. The molecule has 1 atom stereocenters. The van der Waals surface area contributed by atoms with Gasteiger partial charge in [0, 0.05) is 19.7 Å². The topological polar surface area (TPSA) is 71.2 Å². The highest BCUT2D eigenvalue weighted by Gasteiger charge is 2.27. The number of likely N-dealkylation sites (tertiary alicyclic amines) is 1. The molecule has 0 saturated carbocycles. The van der Waals surface area contributed by atoms with Crippen molar-refractivity contribution in [2.24, 2.45) is 5.92 Å². The predicted octanol–water partition coefficient (Wildman–Crippen LogP) is 0.533. The van der Waals surface area contributed by atoms with Crippen LogP contribution in [-0.4, -0.2) is 50.6 Å². The van der Waals surface area contributed by atoms with Crippen molar-refractivity contribution in [1.29, 1.82) is 0 Å². The number of hydrogen-bond acceptors (Lipinski definition) is 4. The van der Waals surface area contributed by atoms with E-state index in [1.807, 2.05) is 11.8 Å². The highest BCUT2D eigenvalue weighted by molar-refractivity contribution is 5.92. The highest BCUT2D eigenvalue weighted by Crippen LogP contribution is 2.21. The lowest BCUT2D eigenvalue weighted by Crippen LogP contribution is -2.29. The van der Waals surface area contributed by atoms with Crippen LogP contribution >= 0.6 is 0 Å². The number of amides is 1. The molecule has 0 bridgehead atoms. The fourth-order valence-corrected chi connectivity index (χ4v) is 2.34. The number of hydrogen-bond donors (Lipinski definition) is 1. The Bertz CT molecular complexity index is 405. The van der Waals surface area contributed by atoms with Gasteiger partial charge in [-0.1, -0.05) is 0 Å². The van der Waals surface area contributed by atoms with Gasteiger partial charge in [-0.3, -0.25) is 4.79 Å². The SMILES string of the molecule is CCn1ncc(C(=O)N2CCC(CCCO)C2)n1. The normalized spacial score (nSPS) is 19.4. The molecular formula is C12H20N4O2. The first-order valence-electron chi connectivity index (χ1n) is 6.54. The summed E-state index contributed by atoms with van der Waals surface area (Å²) < 4.78 is 0. The molecule has 1 aliphatic heterocycles. The zero-order valence-electron chi connectivity index (χ0n) is 10.7. The van der Waals surface area contributed by atoms with Crippen molar-refractivity contribution in [2.75, 3.05) is 19.7 Å². The maximum Gasteiger partial charge on any atom is 0.276 e. The molecule has 1 aromatic rings. The Morgan fingerprint density at radius 3 is 3.11 bits per heavy atom. The average molecular weight is 252 g/mol. The van der Waals surface area contributed by atoms with E-state index in [1.165, 1.54) is 11.0 Å². The van der Waals surface area contributed by atoms with Crippen LogP contribution in [0.1, 0.15) is 36.7 Å². The molecule has 0 aliphatic carbocycles. The third-order valence-corrected chi connectivity index (χ3v) is 3.38. The third kappa shape index (κ3) is 2.87. The summed E-state index contributed by atoms with van der Waals surface area (Å²) in [5.41, 5.74) is 0.430. The van der Waals surface area contributed by atoms with Gasteiger partial charge in [0.2, 0.25) is 0 Å². The molecule has 6 heteroatoms. The zero-order valence-corrected chi connectivity index (χ0v) is 10.7. The molecule has 0 radical (unpaired) electrons. The van der Waals surface area contributed by atoms with Gasteiger partial charge >= 0.3 is 0 Å². The van der Waals surface area contributed by atoms with Crippen molar-refractivity contribution in [3.63, 3.8) is 0 Å². The van der Waals surface area contributed by atoms with E-state index < -0.39 is 0 Å². The summed E-state index contributed by atoms with van der Waals surface area (Å²) in [7, 11) is 0. The summed E-state index contributed by atoms with van der Waals surface area (Å²) in [6.07, 6.45) is 4.36. The van der Waals surface area contributed by atoms with E-state index in [1.54, 1.807) is 0 Å². The molecule has 1 unspecified atom stereocenters. The first-order chi connectivity index (χ1) is 8.74. The first kappa shape index (κ1) is 13.0. The highest BCUT2D eigenvalue weighted by atomic mass is 16.2. The molecule has 1 amide bonds. The van der Waals surface area contributed by atoms with Gasteiger partial charge in [-0.05, 0) is 32.1 Å². The second kappa shape index (κ2) is 5.95. The quantitative estimate of drug-likeness (QED) is 0.830. The van der Waals surface area contributed by atoms with E-state index in [4.69, 9.17) is 5.11 Å². The van der Waals surface area contributed by atoms with Crippen molar-refractivity contribution in [2.45, 2.75) is 32.7 Å². The van der Waals surface area contributed by atoms with Crippen molar-refractivity contribution >= 4 is 5.91 Å². The minimum Gasteiger partial charge on any atom is -0.396 e. The van der Waals surface area contributed by atoms with Crippen molar-refractivity contribution in [1.82, 2.24) is 19.9 Å². The minimum atomic E-state index is -0.0267. The number of carbonyl (C=O) groups is 1. The second-order valence-electron chi connectivity index (χ2n) is 4.69. The Balaban J connectivity index is 1.90. The van der Waals surface area contributed by atoms with Crippen molar-refractivity contribution < 1.29 is 9.90 Å². The second-order valence-corrected chi connectivity index (χ2v) is 4.69. The van der Waals surface area contributed by atoms with Gasteiger partial charge < -0.3 is 10.0 Å². The number of aromatic nitrogens is 3. The van der Waals surface area contributed by atoms with Crippen LogP contribution in [-0.2, 0) is 6.54 Å². The molecule has 100 valence electrons. The lowest BCUT2D eigenvalue weighted by atomic mass is 10.0. The molecule has 0 aromatic carbocycles. The summed E-state index contributed by atoms with van der Waals surface area (Å²) in [5, 5.41) is 17.0. The maximum atomic E-state index is 12.2. The molecular weight excluding hydrogens is 232 g/mol. The molecule has 6 nitrogen and oxygen atoms in total. The van der Waals surface area contributed by atoms with Crippen molar-refractivity contribution in [3.05, 3.63) is 11.9 Å². The van der Waals surface area contributed by atoms with Crippen molar-refractivity contribution in [3.8, 4) is 0 Å². The summed E-state index contributed by atoms with van der Waals surface area (Å²) >= 11 is 0. The molecule has 0 spiro atoms. The molecule has 1 fully saturated rings. The molecule has 1 aromatic heterocycles. The van der Waals surface area contributed by atoms with Crippen LogP contribution in [0.4, 0.5) is 0 Å². The summed E-state index contributed by atoms with van der Waals surface area (Å²) in [4.78, 5) is 15.5. The zero-order chi connectivity index (χ0) is 13.0. The molecule has 2 rings (SSSR count). The summed E-state index contributed by atoms with van der Waals surface area (Å²) in [5.74, 6) is 0.489. The summed E-state index contributed by atoms with van der Waals surface area (Å²) in [6.45, 7) is 4.41. The standard InChI is InChI=1S/C12H20N4O2/c1-2-16-13-8-11(14-16)12(18)15-6-5-10(9-15)4-3-7-17/h8,10,17H,2-7,9H2,1H3. The van der Waals surface area contributed by atoms with E-state index >= 15 is 0 Å². The number of aliphatic hydroxyl groups excluding tert-OH is 1. The Labute approximate surface area is 107 Å². The van der Waals surface area contributed by atoms with Gasteiger partial charge in [0.25, 0.3) is 5.91 Å². The van der Waals surface area contributed by atoms with Gasteiger partial charge in [-0.15, -0.1) is 5.10 Å². The largest absolute Gasteiger partial charge is 0.396 e. The van der Waals surface area contributed by atoms with Crippen LogP contribution in [0, 0.1) is 5.92 Å². The lowest BCUT2D eigenvalue weighted by molar-refractivity contribution is 0.0779. The summed E-state index contributed by atoms with van der Waals surface area (Å²) in [6, 6.07) is 0. The lowest BCUT2D eigenvalue weighted by Gasteiger charge is -2.14. The van der Waals surface area contributed by atoms with Gasteiger partial charge in [-0.2, -0.15) is 9.90 Å². The van der Waals surface area contributed by atoms with E-state index in [0.717, 1.165) is 32.4 Å². The maximum absolute atomic E-state index is 12.2. The third-order valence-electron chi connectivity index (χ3n) is 3.38. The number of carbonyl (C=O) groups excluding carboxylic acids is 1.